The number of benzene rings is 2. The van der Waals surface area contributed by atoms with Crippen LogP contribution in [0.15, 0.2) is 51.3 Å². The van der Waals surface area contributed by atoms with Crippen LogP contribution in [0.5, 0.6) is 23.0 Å². The van der Waals surface area contributed by atoms with E-state index in [9.17, 15) is 9.59 Å². The lowest BCUT2D eigenvalue weighted by Crippen LogP contribution is -2.39. The summed E-state index contributed by atoms with van der Waals surface area (Å²) in [5, 5.41) is 13.4. The normalized spacial score (nSPS) is 20.1. The van der Waals surface area contributed by atoms with Gasteiger partial charge >= 0.3 is 0 Å². The van der Waals surface area contributed by atoms with Crippen LogP contribution >= 0.6 is 0 Å². The number of hydrogen-bond donors (Lipinski definition) is 0. The standard InChI is InChI=1S/C22H18N6O7/c1-31-13-6-12(7-14(8-13)32-2)28-21(29)18-19(22(28)30)27(26-24-18)9-17-23-20(25-35-17)11-3-4-15-16(5-11)34-10-33-15/h3-8,18-19H,9-10H2,1-2H3. The van der Waals surface area contributed by atoms with Gasteiger partial charge in [0.1, 0.15) is 18.0 Å². The summed E-state index contributed by atoms with van der Waals surface area (Å²) in [6.45, 7) is 0.154. The molecule has 1 aromatic heterocycles. The molecule has 3 aliphatic rings. The van der Waals surface area contributed by atoms with Crippen LogP contribution in [0.2, 0.25) is 0 Å². The summed E-state index contributed by atoms with van der Waals surface area (Å²) in [5.74, 6) is 1.70. The van der Waals surface area contributed by atoms with Crippen LogP contribution in [0, 0.1) is 0 Å². The fraction of sp³-hybridized carbons (Fsp3) is 0.273. The molecule has 178 valence electrons. The van der Waals surface area contributed by atoms with Crippen LogP contribution in [0.3, 0.4) is 0 Å². The van der Waals surface area contributed by atoms with Crippen LogP contribution in [-0.4, -0.2) is 60.1 Å². The number of hydrogen-bond acceptors (Lipinski definition) is 12. The van der Waals surface area contributed by atoms with Gasteiger partial charge in [0, 0.05) is 23.8 Å². The number of carbonyl (C=O) groups is 2. The number of anilines is 1. The number of fused-ring (bicyclic) bond motifs is 2. The molecule has 6 rings (SSSR count). The van der Waals surface area contributed by atoms with Crippen molar-refractivity contribution in [1.82, 2.24) is 15.1 Å². The van der Waals surface area contributed by atoms with Crippen molar-refractivity contribution in [3.63, 3.8) is 0 Å². The Hall–Kier alpha value is -4.68. The number of nitrogens with zero attached hydrogens (tertiary/aromatic N) is 6. The third-order valence-electron chi connectivity index (χ3n) is 5.85. The van der Waals surface area contributed by atoms with Crippen molar-refractivity contribution in [3.8, 4) is 34.4 Å². The number of carbonyl (C=O) groups excluding carboxylic acids is 2. The van der Waals surface area contributed by atoms with Gasteiger partial charge in [0.15, 0.2) is 23.6 Å². The first-order valence-electron chi connectivity index (χ1n) is 10.6. The zero-order valence-electron chi connectivity index (χ0n) is 18.6. The zero-order valence-corrected chi connectivity index (χ0v) is 18.6. The minimum absolute atomic E-state index is 0.00346. The van der Waals surface area contributed by atoms with Gasteiger partial charge in [-0.05, 0) is 18.2 Å². The van der Waals surface area contributed by atoms with E-state index in [4.69, 9.17) is 23.5 Å². The second kappa shape index (κ2) is 7.97. The monoisotopic (exact) mass is 478 g/mol. The molecule has 0 spiro atoms. The molecule has 2 atom stereocenters. The Morgan fingerprint density at radius 2 is 1.77 bits per heavy atom. The first-order valence-corrected chi connectivity index (χ1v) is 10.6. The van der Waals surface area contributed by atoms with E-state index in [1.807, 2.05) is 0 Å². The topological polar surface area (TPSA) is 141 Å². The Labute approximate surface area is 197 Å². The Bertz CT molecular complexity index is 1350. The molecular weight excluding hydrogens is 460 g/mol. The summed E-state index contributed by atoms with van der Waals surface area (Å²) >= 11 is 0. The molecule has 13 heteroatoms. The minimum Gasteiger partial charge on any atom is -0.497 e. The molecule has 3 aliphatic heterocycles. The first kappa shape index (κ1) is 20.9. The van der Waals surface area contributed by atoms with Gasteiger partial charge in [-0.3, -0.25) is 14.6 Å². The maximum atomic E-state index is 13.3. The lowest BCUT2D eigenvalue weighted by molar-refractivity contribution is -0.123. The van der Waals surface area contributed by atoms with E-state index in [1.165, 1.54) is 19.2 Å². The van der Waals surface area contributed by atoms with E-state index in [1.54, 1.807) is 36.4 Å². The summed E-state index contributed by atoms with van der Waals surface area (Å²) in [7, 11) is 2.97. The van der Waals surface area contributed by atoms with E-state index in [0.29, 0.717) is 40.1 Å². The average Bonchev–Trinajstić information content (AvgIpc) is 3.65. The van der Waals surface area contributed by atoms with Crippen molar-refractivity contribution < 1.29 is 33.1 Å². The molecule has 13 nitrogen and oxygen atoms in total. The van der Waals surface area contributed by atoms with Gasteiger partial charge in [0.05, 0.1) is 19.9 Å². The Morgan fingerprint density at radius 3 is 2.54 bits per heavy atom. The number of methoxy groups -OCH3 is 2. The van der Waals surface area contributed by atoms with Crippen LogP contribution < -0.4 is 23.8 Å². The maximum absolute atomic E-state index is 13.3. The molecule has 35 heavy (non-hydrogen) atoms. The second-order valence-electron chi connectivity index (χ2n) is 7.85. The fourth-order valence-electron chi connectivity index (χ4n) is 4.14. The predicted octanol–water partition coefficient (Wildman–Crippen LogP) is 1.98. The molecule has 0 N–H and O–H groups in total. The molecule has 0 saturated carbocycles. The van der Waals surface area contributed by atoms with Gasteiger partial charge in [-0.1, -0.05) is 10.4 Å². The van der Waals surface area contributed by atoms with Crippen molar-refractivity contribution in [2.75, 3.05) is 25.9 Å². The molecule has 2 unspecified atom stereocenters. The fourth-order valence-corrected chi connectivity index (χ4v) is 4.14. The van der Waals surface area contributed by atoms with E-state index < -0.39 is 23.9 Å². The van der Waals surface area contributed by atoms with Crippen molar-refractivity contribution in [1.29, 1.82) is 0 Å². The third-order valence-corrected chi connectivity index (χ3v) is 5.85. The first-order chi connectivity index (χ1) is 17.1. The highest BCUT2D eigenvalue weighted by molar-refractivity contribution is 6.25. The van der Waals surface area contributed by atoms with Crippen molar-refractivity contribution in [2.45, 2.75) is 18.6 Å². The van der Waals surface area contributed by atoms with Crippen LogP contribution in [-0.2, 0) is 16.1 Å². The minimum atomic E-state index is -0.976. The second-order valence-corrected chi connectivity index (χ2v) is 7.85. The van der Waals surface area contributed by atoms with Crippen LogP contribution in [0.1, 0.15) is 5.89 Å². The number of ether oxygens (including phenoxy) is 4. The van der Waals surface area contributed by atoms with E-state index in [0.717, 1.165) is 4.90 Å². The van der Waals surface area contributed by atoms with E-state index in [2.05, 4.69) is 20.5 Å². The maximum Gasteiger partial charge on any atom is 0.263 e. The highest BCUT2D eigenvalue weighted by atomic mass is 16.7. The number of aromatic nitrogens is 2. The summed E-state index contributed by atoms with van der Waals surface area (Å²) in [5.41, 5.74) is 0.999. The Balaban J connectivity index is 1.23. The van der Waals surface area contributed by atoms with Crippen molar-refractivity contribution in [2.24, 2.45) is 10.3 Å². The molecule has 2 aromatic carbocycles. The van der Waals surface area contributed by atoms with Gasteiger partial charge in [-0.2, -0.15) is 10.1 Å². The van der Waals surface area contributed by atoms with Gasteiger partial charge < -0.3 is 23.5 Å². The number of imide groups is 1. The number of rotatable bonds is 6. The molecule has 4 heterocycles. The van der Waals surface area contributed by atoms with Crippen LogP contribution in [0.4, 0.5) is 5.69 Å². The smallest absolute Gasteiger partial charge is 0.263 e. The molecule has 0 aliphatic carbocycles. The highest BCUT2D eigenvalue weighted by Crippen LogP contribution is 2.37. The third kappa shape index (κ3) is 3.39. The molecule has 3 aromatic rings. The molecule has 2 amide bonds. The lowest BCUT2D eigenvalue weighted by Gasteiger charge is -2.20. The van der Waals surface area contributed by atoms with Gasteiger partial charge in [0.2, 0.25) is 18.5 Å². The van der Waals surface area contributed by atoms with E-state index >= 15 is 0 Å². The van der Waals surface area contributed by atoms with Crippen LogP contribution in [0.25, 0.3) is 11.4 Å². The van der Waals surface area contributed by atoms with Crippen molar-refractivity contribution >= 4 is 17.5 Å². The van der Waals surface area contributed by atoms with Gasteiger partial charge in [0.25, 0.3) is 11.8 Å². The zero-order chi connectivity index (χ0) is 24.1. The van der Waals surface area contributed by atoms with Gasteiger partial charge in [-0.15, -0.1) is 0 Å². The predicted molar refractivity (Wildman–Crippen MR) is 116 cm³/mol. The largest absolute Gasteiger partial charge is 0.497 e. The molecular formula is C22H18N6O7. The quantitative estimate of drug-likeness (QED) is 0.483. The van der Waals surface area contributed by atoms with Gasteiger partial charge in [-0.25, -0.2) is 4.90 Å². The summed E-state index contributed by atoms with van der Waals surface area (Å²) in [6.07, 6.45) is 0. The Kier molecular flexibility index (Phi) is 4.76. The van der Waals surface area contributed by atoms with E-state index in [-0.39, 0.29) is 19.2 Å². The summed E-state index contributed by atoms with van der Waals surface area (Å²) in [4.78, 5) is 31.8. The molecule has 0 bridgehead atoms. The molecule has 1 saturated heterocycles. The average molecular weight is 478 g/mol. The molecule has 1 fully saturated rings. The SMILES string of the molecule is COc1cc(OC)cc(N2C(=O)C3N=NN(Cc4nc(-c5ccc6c(c5)OCO6)no4)C3C2=O)c1. The summed E-state index contributed by atoms with van der Waals surface area (Å²) in [6, 6.07) is 8.20. The summed E-state index contributed by atoms with van der Waals surface area (Å²) < 4.78 is 26.6. The lowest BCUT2D eigenvalue weighted by atomic mass is 10.1. The molecule has 0 radical (unpaired) electrons. The van der Waals surface area contributed by atoms with Crippen molar-refractivity contribution in [3.05, 3.63) is 42.3 Å². The highest BCUT2D eigenvalue weighted by Gasteiger charge is 2.55. The number of amides is 2. The Morgan fingerprint density at radius 1 is 1.00 bits per heavy atom.